The minimum Gasteiger partial charge on any atom is -0.469 e. The van der Waals surface area contributed by atoms with Gasteiger partial charge in [0.1, 0.15) is 5.54 Å². The van der Waals surface area contributed by atoms with Crippen molar-refractivity contribution in [2.75, 3.05) is 23.4 Å². The maximum atomic E-state index is 14.5. The molecule has 0 saturated carbocycles. The molecule has 1 aromatic heterocycles. The lowest BCUT2D eigenvalue weighted by atomic mass is 9.84. The van der Waals surface area contributed by atoms with Crippen LogP contribution in [0.2, 0.25) is 0 Å². The number of benzene rings is 1. The fraction of sp³-hybridized carbons (Fsp3) is 0.667. The van der Waals surface area contributed by atoms with Gasteiger partial charge in [0.05, 0.1) is 6.61 Å². The van der Waals surface area contributed by atoms with Gasteiger partial charge in [-0.15, -0.1) is 11.5 Å². The summed E-state index contributed by atoms with van der Waals surface area (Å²) in [7, 11) is 0. The first-order valence-electron chi connectivity index (χ1n) is 17.5. The van der Waals surface area contributed by atoms with E-state index in [2.05, 4.69) is 42.2 Å². The Morgan fingerprint density at radius 1 is 0.978 bits per heavy atom. The van der Waals surface area contributed by atoms with Crippen molar-refractivity contribution in [3.05, 3.63) is 29.8 Å². The highest BCUT2D eigenvalue weighted by Crippen LogP contribution is 2.37. The molecular formula is C36H55N5O4S. The molecule has 1 aliphatic rings. The second-order valence-corrected chi connectivity index (χ2v) is 13.1. The first kappa shape index (κ1) is 37.1. The molecule has 0 radical (unpaired) electrons. The molecule has 1 unspecified atom stereocenters. The molecule has 254 valence electrons. The van der Waals surface area contributed by atoms with Crippen LogP contribution in [-0.4, -0.2) is 52.1 Å². The van der Waals surface area contributed by atoms with Crippen molar-refractivity contribution in [2.24, 2.45) is 0 Å². The van der Waals surface area contributed by atoms with Crippen LogP contribution in [0.25, 0.3) is 0 Å². The molecule has 3 amide bonds. The minimum absolute atomic E-state index is 0.312. The van der Waals surface area contributed by atoms with Gasteiger partial charge >= 0.3 is 12.1 Å². The summed E-state index contributed by atoms with van der Waals surface area (Å²) in [6.07, 6.45) is 20.3. The summed E-state index contributed by atoms with van der Waals surface area (Å²) >= 11 is 1.19. The number of amides is 3. The van der Waals surface area contributed by atoms with Crippen molar-refractivity contribution >= 4 is 34.3 Å². The summed E-state index contributed by atoms with van der Waals surface area (Å²) in [5.74, 6) is 3.09. The molecule has 0 aliphatic carbocycles. The fourth-order valence-electron chi connectivity index (χ4n) is 6.00. The summed E-state index contributed by atoms with van der Waals surface area (Å²) in [6.45, 7) is 9.49. The number of ether oxygens (including phenoxy) is 2. The van der Waals surface area contributed by atoms with E-state index in [4.69, 9.17) is 15.9 Å². The van der Waals surface area contributed by atoms with Crippen LogP contribution >= 0.6 is 11.3 Å². The average Bonchev–Trinajstić information content (AvgIpc) is 3.53. The van der Waals surface area contributed by atoms with Gasteiger partial charge in [-0.05, 0) is 48.6 Å². The Hall–Kier alpha value is -3.32. The van der Waals surface area contributed by atoms with E-state index in [1.54, 1.807) is 0 Å². The molecule has 1 N–H and O–H groups in total. The number of hydrogen-bond acceptors (Lipinski definition) is 7. The van der Waals surface area contributed by atoms with Crippen LogP contribution in [0, 0.1) is 12.3 Å². The molecule has 9 nitrogen and oxygen atoms in total. The molecule has 1 aromatic carbocycles. The van der Waals surface area contributed by atoms with Crippen LogP contribution in [0.1, 0.15) is 130 Å². The predicted octanol–water partition coefficient (Wildman–Crippen LogP) is 9.58. The van der Waals surface area contributed by atoms with Crippen molar-refractivity contribution < 1.29 is 19.1 Å². The minimum atomic E-state index is -0.876. The molecule has 2 heterocycles. The molecule has 1 aliphatic heterocycles. The highest BCUT2D eigenvalue weighted by atomic mass is 32.1. The zero-order valence-electron chi connectivity index (χ0n) is 28.5. The van der Waals surface area contributed by atoms with Crippen LogP contribution in [0.5, 0.6) is 5.19 Å². The normalized spacial score (nSPS) is 15.1. The number of hydrogen-bond donors (Lipinski definition) is 1. The first-order valence-corrected chi connectivity index (χ1v) is 18.3. The number of urea groups is 1. The fourth-order valence-corrected chi connectivity index (χ4v) is 6.75. The van der Waals surface area contributed by atoms with Crippen molar-refractivity contribution in [1.29, 1.82) is 0 Å². The molecule has 10 heteroatoms. The van der Waals surface area contributed by atoms with Gasteiger partial charge in [0.2, 0.25) is 5.13 Å². The summed E-state index contributed by atoms with van der Waals surface area (Å²) in [6, 6.07) is 7.31. The smallest absolute Gasteiger partial charge is 0.413 e. The summed E-state index contributed by atoms with van der Waals surface area (Å²) in [5.41, 5.74) is 0.954. The molecule has 1 fully saturated rings. The highest BCUT2D eigenvalue weighted by molar-refractivity contribution is 7.17. The quantitative estimate of drug-likeness (QED) is 0.106. The van der Waals surface area contributed by atoms with Gasteiger partial charge < -0.3 is 14.4 Å². The van der Waals surface area contributed by atoms with E-state index in [0.717, 1.165) is 102 Å². The molecular weight excluding hydrogens is 598 g/mol. The number of anilines is 2. The van der Waals surface area contributed by atoms with E-state index in [0.29, 0.717) is 35.6 Å². The maximum Gasteiger partial charge on any atom is 0.413 e. The number of nitrogens with zero attached hydrogens (tertiary/aromatic N) is 4. The topological polar surface area (TPSA) is 96.9 Å². The maximum absolute atomic E-state index is 14.5. The van der Waals surface area contributed by atoms with Crippen LogP contribution in [-0.2, 0) is 11.2 Å². The van der Waals surface area contributed by atoms with Crippen molar-refractivity contribution in [3.63, 3.8) is 0 Å². The van der Waals surface area contributed by atoms with E-state index < -0.39 is 17.9 Å². The second-order valence-electron chi connectivity index (χ2n) is 12.1. The number of para-hydroxylation sites is 1. The molecule has 46 heavy (non-hydrogen) atoms. The largest absolute Gasteiger partial charge is 0.469 e. The Labute approximate surface area is 280 Å². The first-order chi connectivity index (χ1) is 22.4. The zero-order valence-corrected chi connectivity index (χ0v) is 29.3. The Morgan fingerprint density at radius 2 is 1.63 bits per heavy atom. The van der Waals surface area contributed by atoms with Crippen molar-refractivity contribution in [2.45, 2.75) is 142 Å². The van der Waals surface area contributed by atoms with Gasteiger partial charge in [-0.25, -0.2) is 14.5 Å². The summed E-state index contributed by atoms with van der Waals surface area (Å²) in [4.78, 5) is 31.1. The third-order valence-corrected chi connectivity index (χ3v) is 9.54. The van der Waals surface area contributed by atoms with Crippen molar-refractivity contribution in [3.8, 4) is 17.5 Å². The molecule has 3 rings (SSSR count). The zero-order chi connectivity index (χ0) is 33.2. The lowest BCUT2D eigenvalue weighted by Gasteiger charge is -2.47. The van der Waals surface area contributed by atoms with E-state index in [1.165, 1.54) is 16.2 Å². The number of terminal acetylenes is 1. The number of aryl methyl sites for hydroxylation is 1. The Bertz CT molecular complexity index is 1230. The second kappa shape index (κ2) is 20.0. The van der Waals surface area contributed by atoms with Crippen LogP contribution in [0.3, 0.4) is 0 Å². The number of carbonyl (C=O) groups excluding carboxylic acids is 2. The molecule has 1 atom stereocenters. The Balaban J connectivity index is 1.88. The van der Waals surface area contributed by atoms with Crippen LogP contribution in [0.4, 0.5) is 20.4 Å². The summed E-state index contributed by atoms with van der Waals surface area (Å²) < 4.78 is 11.9. The van der Waals surface area contributed by atoms with Gasteiger partial charge in [0, 0.05) is 18.7 Å². The average molecular weight is 654 g/mol. The lowest BCUT2D eigenvalue weighted by molar-refractivity contribution is 0.0558. The van der Waals surface area contributed by atoms with Gasteiger partial charge in [-0.1, -0.05) is 128 Å². The highest BCUT2D eigenvalue weighted by Gasteiger charge is 2.46. The number of aromatic nitrogens is 2. The van der Waals surface area contributed by atoms with Crippen molar-refractivity contribution in [1.82, 2.24) is 15.1 Å². The monoisotopic (exact) mass is 653 g/mol. The molecule has 2 aromatic rings. The third-order valence-electron chi connectivity index (χ3n) is 8.70. The molecule has 0 spiro atoms. The number of unbranched alkanes of at least 4 members (excludes halogenated alkanes) is 9. The van der Waals surface area contributed by atoms with Crippen LogP contribution < -0.4 is 15.0 Å². The standard InChI is InChI=1S/C36H55N5O4S/c1-6-11-14-19-25-36(10-5,26-20-15-12-7-2)40-27-24-31(45-33(42)37-30-23-18-17-22-29(30)9-4)41(35(40)43)32-38-39-34(46-32)44-28-21-16-13-8-3/h5,17-18,22-23,31H,6-9,11-16,19-21,24-28H2,1-4H3,(H,37,42). The van der Waals surface area contributed by atoms with E-state index >= 15 is 0 Å². The predicted molar refractivity (Wildman–Crippen MR) is 188 cm³/mol. The van der Waals surface area contributed by atoms with Gasteiger partial charge in [-0.3, -0.25) is 5.32 Å². The Morgan fingerprint density at radius 3 is 2.26 bits per heavy atom. The molecule has 1 saturated heterocycles. The number of carbonyl (C=O) groups is 2. The van der Waals surface area contributed by atoms with Gasteiger partial charge in [0.15, 0.2) is 6.23 Å². The van der Waals surface area contributed by atoms with E-state index in [9.17, 15) is 9.59 Å². The van der Waals surface area contributed by atoms with E-state index in [1.807, 2.05) is 36.1 Å². The number of rotatable bonds is 21. The van der Waals surface area contributed by atoms with Gasteiger partial charge in [-0.2, -0.15) is 0 Å². The molecule has 0 bridgehead atoms. The van der Waals surface area contributed by atoms with Crippen LogP contribution in [0.15, 0.2) is 24.3 Å². The summed E-state index contributed by atoms with van der Waals surface area (Å²) in [5, 5.41) is 12.2. The number of nitrogens with one attached hydrogen (secondary N) is 1. The van der Waals surface area contributed by atoms with Gasteiger partial charge in [0.25, 0.3) is 5.19 Å². The third kappa shape index (κ3) is 10.6. The Kier molecular flexibility index (Phi) is 16.2. The SMILES string of the molecule is C#CC(CCCCCC)(CCCCCC)N1CCC(OC(=O)Nc2ccccc2CC)N(c2nnc(OCCCCCC)s2)C1=O. The van der Waals surface area contributed by atoms with E-state index in [-0.39, 0.29) is 6.03 Å². The lowest BCUT2D eigenvalue weighted by Crippen LogP contribution is -2.63.